The Morgan fingerprint density at radius 1 is 1.48 bits per heavy atom. The molecule has 2 aromatic rings. The Bertz CT molecular complexity index is 700. The summed E-state index contributed by atoms with van der Waals surface area (Å²) in [7, 11) is -3.98. The van der Waals surface area contributed by atoms with Crippen molar-refractivity contribution in [3.8, 4) is 0 Å². The van der Waals surface area contributed by atoms with Crippen LogP contribution in [0.15, 0.2) is 12.7 Å². The van der Waals surface area contributed by atoms with Gasteiger partial charge in [0, 0.05) is 0 Å². The van der Waals surface area contributed by atoms with Crippen LogP contribution in [0.25, 0.3) is 11.2 Å². The second kappa shape index (κ2) is 5.32. The molecule has 0 saturated carbocycles. The number of nitrogens with zero attached hydrogens (tertiary/aromatic N) is 4. The lowest BCUT2D eigenvalue weighted by molar-refractivity contribution is -0.0175. The van der Waals surface area contributed by atoms with Gasteiger partial charge in [0.15, 0.2) is 11.5 Å². The van der Waals surface area contributed by atoms with Crippen LogP contribution in [0.2, 0.25) is 0 Å². The Hall–Kier alpha value is -1.58. The van der Waals surface area contributed by atoms with Gasteiger partial charge < -0.3 is 15.4 Å². The highest BCUT2D eigenvalue weighted by Crippen LogP contribution is 2.35. The maximum Gasteiger partial charge on any atom is 0.400 e. The zero-order valence-corrected chi connectivity index (χ0v) is 11.9. The van der Waals surface area contributed by atoms with Crippen LogP contribution >= 0.6 is 7.75 Å². The Morgan fingerprint density at radius 2 is 2.29 bits per heavy atom. The summed E-state index contributed by atoms with van der Waals surface area (Å²) in [6.45, 7) is -0.0372. The van der Waals surface area contributed by atoms with Crippen LogP contribution in [0, 0.1) is 0 Å². The molecule has 3 atom stereocenters. The van der Waals surface area contributed by atoms with Gasteiger partial charge in [-0.3, -0.25) is 9.09 Å². The minimum atomic E-state index is -3.98. The van der Waals surface area contributed by atoms with E-state index in [4.69, 9.17) is 20.9 Å². The SMILES string of the molecule is Nc1ncnc2c1ncn2[C@H]1CC[C@@H](COP(N)(=O)O)O1. The van der Waals surface area contributed by atoms with E-state index in [1.807, 2.05) is 0 Å². The molecule has 114 valence electrons. The lowest BCUT2D eigenvalue weighted by atomic mass is 10.2. The fourth-order valence-electron chi connectivity index (χ4n) is 2.28. The number of nitrogen functional groups attached to an aromatic ring is 1. The fourth-order valence-corrected chi connectivity index (χ4v) is 2.66. The van der Waals surface area contributed by atoms with Crippen LogP contribution in [0.5, 0.6) is 0 Å². The first-order chi connectivity index (χ1) is 9.94. The molecular formula is C10H15N6O4P. The van der Waals surface area contributed by atoms with E-state index >= 15 is 0 Å². The van der Waals surface area contributed by atoms with Crippen molar-refractivity contribution in [2.24, 2.45) is 5.50 Å². The highest BCUT2D eigenvalue weighted by Gasteiger charge is 2.29. The van der Waals surface area contributed by atoms with Crippen LogP contribution in [-0.2, 0) is 13.8 Å². The quantitative estimate of drug-likeness (QED) is 0.670. The second-order valence-electron chi connectivity index (χ2n) is 4.73. The number of hydrogen-bond donors (Lipinski definition) is 3. The first kappa shape index (κ1) is 14.4. The van der Waals surface area contributed by atoms with Gasteiger partial charge in [0.05, 0.1) is 19.0 Å². The van der Waals surface area contributed by atoms with Gasteiger partial charge in [-0.2, -0.15) is 0 Å². The Labute approximate surface area is 119 Å². The minimum Gasteiger partial charge on any atom is -0.382 e. The molecule has 21 heavy (non-hydrogen) atoms. The van der Waals surface area contributed by atoms with E-state index in [9.17, 15) is 4.57 Å². The molecule has 11 heteroatoms. The molecule has 1 aliphatic rings. The largest absolute Gasteiger partial charge is 0.400 e. The van der Waals surface area contributed by atoms with Gasteiger partial charge in [0.1, 0.15) is 18.1 Å². The number of rotatable bonds is 4. The maximum absolute atomic E-state index is 10.9. The van der Waals surface area contributed by atoms with Gasteiger partial charge >= 0.3 is 7.75 Å². The highest BCUT2D eigenvalue weighted by molar-refractivity contribution is 7.50. The van der Waals surface area contributed by atoms with Gasteiger partial charge in [-0.25, -0.2) is 25.0 Å². The van der Waals surface area contributed by atoms with Gasteiger partial charge in [-0.1, -0.05) is 0 Å². The molecule has 10 nitrogen and oxygen atoms in total. The smallest absolute Gasteiger partial charge is 0.382 e. The average molecular weight is 314 g/mol. The molecule has 1 aliphatic heterocycles. The number of hydrogen-bond acceptors (Lipinski definition) is 7. The van der Waals surface area contributed by atoms with Gasteiger partial charge in [0.25, 0.3) is 0 Å². The minimum absolute atomic E-state index is 0.0372. The van der Waals surface area contributed by atoms with Gasteiger partial charge in [-0.15, -0.1) is 0 Å². The fraction of sp³-hybridized carbons (Fsp3) is 0.500. The maximum atomic E-state index is 10.9. The van der Waals surface area contributed by atoms with E-state index in [-0.39, 0.29) is 18.9 Å². The monoisotopic (exact) mass is 314 g/mol. The summed E-state index contributed by atoms with van der Waals surface area (Å²) in [5.74, 6) is 0.306. The molecule has 0 amide bonds. The van der Waals surface area contributed by atoms with Crippen molar-refractivity contribution in [2.75, 3.05) is 12.3 Å². The molecule has 0 spiro atoms. The summed E-state index contributed by atoms with van der Waals surface area (Å²) < 4.78 is 23.1. The third kappa shape index (κ3) is 3.04. The molecule has 1 saturated heterocycles. The second-order valence-corrected chi connectivity index (χ2v) is 6.12. The van der Waals surface area contributed by atoms with Gasteiger partial charge in [-0.05, 0) is 12.8 Å². The molecule has 3 rings (SSSR count). The third-order valence-corrected chi connectivity index (χ3v) is 3.75. The predicted octanol–water partition coefficient (Wildman–Crippen LogP) is 0.162. The van der Waals surface area contributed by atoms with Crippen molar-refractivity contribution < 1.29 is 18.7 Å². The third-order valence-electron chi connectivity index (χ3n) is 3.23. The zero-order chi connectivity index (χ0) is 15.0. The summed E-state index contributed by atoms with van der Waals surface area (Å²) in [4.78, 5) is 21.1. The lowest BCUT2D eigenvalue weighted by Gasteiger charge is -2.15. The number of aromatic nitrogens is 4. The lowest BCUT2D eigenvalue weighted by Crippen LogP contribution is -2.17. The zero-order valence-electron chi connectivity index (χ0n) is 11.0. The topological polar surface area (TPSA) is 151 Å². The van der Waals surface area contributed by atoms with E-state index in [1.54, 1.807) is 10.9 Å². The molecule has 0 radical (unpaired) electrons. The predicted molar refractivity (Wildman–Crippen MR) is 72.8 cm³/mol. The number of ether oxygens (including phenoxy) is 1. The molecule has 0 aliphatic carbocycles. The number of anilines is 1. The number of nitrogens with two attached hydrogens (primary N) is 2. The van der Waals surface area contributed by atoms with Crippen molar-refractivity contribution in [2.45, 2.75) is 25.2 Å². The van der Waals surface area contributed by atoms with Crippen LogP contribution in [0.3, 0.4) is 0 Å². The van der Waals surface area contributed by atoms with E-state index in [0.29, 0.717) is 29.8 Å². The Balaban J connectivity index is 1.73. The molecule has 0 bridgehead atoms. The van der Waals surface area contributed by atoms with Gasteiger partial charge in [0.2, 0.25) is 0 Å². The summed E-state index contributed by atoms with van der Waals surface area (Å²) in [6, 6.07) is 0. The van der Waals surface area contributed by atoms with E-state index in [2.05, 4.69) is 19.5 Å². The van der Waals surface area contributed by atoms with Crippen LogP contribution < -0.4 is 11.2 Å². The number of fused-ring (bicyclic) bond motifs is 1. The highest BCUT2D eigenvalue weighted by atomic mass is 31.2. The normalized spacial score (nSPS) is 25.2. The van der Waals surface area contributed by atoms with Crippen molar-refractivity contribution >= 4 is 24.7 Å². The molecule has 2 aromatic heterocycles. The molecular weight excluding hydrogens is 299 g/mol. The number of imidazole rings is 1. The van der Waals surface area contributed by atoms with Crippen LogP contribution in [0.1, 0.15) is 19.1 Å². The molecule has 1 unspecified atom stereocenters. The molecule has 5 N–H and O–H groups in total. The summed E-state index contributed by atoms with van der Waals surface area (Å²) in [5, 5.41) is 0. The Kier molecular flexibility index (Phi) is 3.64. The summed E-state index contributed by atoms with van der Waals surface area (Å²) >= 11 is 0. The standard InChI is InChI=1S/C10H15N6O4P/c11-9-8-10(14-4-13-9)16(5-15-8)7-2-1-6(20-7)3-19-21(12,17)18/h4-7H,1-3H2,(H2,11,13,14)(H3,12,17,18)/t6-,7+/m0/s1. The summed E-state index contributed by atoms with van der Waals surface area (Å²) in [5.41, 5.74) is 11.8. The van der Waals surface area contributed by atoms with E-state index < -0.39 is 7.75 Å². The van der Waals surface area contributed by atoms with Crippen molar-refractivity contribution in [3.63, 3.8) is 0 Å². The van der Waals surface area contributed by atoms with Crippen LogP contribution in [-0.4, -0.2) is 37.1 Å². The van der Waals surface area contributed by atoms with Crippen molar-refractivity contribution in [1.29, 1.82) is 0 Å². The van der Waals surface area contributed by atoms with Crippen LogP contribution in [0.4, 0.5) is 5.82 Å². The molecule has 0 aromatic carbocycles. The van der Waals surface area contributed by atoms with E-state index in [1.165, 1.54) is 6.33 Å². The Morgan fingerprint density at radius 3 is 3.05 bits per heavy atom. The first-order valence-corrected chi connectivity index (χ1v) is 7.93. The van der Waals surface area contributed by atoms with E-state index in [0.717, 1.165) is 0 Å². The average Bonchev–Trinajstić information content (AvgIpc) is 3.02. The van der Waals surface area contributed by atoms with Crippen molar-refractivity contribution in [3.05, 3.63) is 12.7 Å². The molecule has 1 fully saturated rings. The summed E-state index contributed by atoms with van der Waals surface area (Å²) in [6.07, 6.45) is 3.73. The first-order valence-electron chi connectivity index (χ1n) is 6.28. The van der Waals surface area contributed by atoms with Crippen molar-refractivity contribution in [1.82, 2.24) is 19.5 Å². The molecule has 3 heterocycles.